The van der Waals surface area contributed by atoms with Gasteiger partial charge >= 0.3 is 12.1 Å². The number of carbonyl (C=O) groups is 2. The lowest BCUT2D eigenvalue weighted by Gasteiger charge is -2.44. The first-order valence-corrected chi connectivity index (χ1v) is 11.5. The van der Waals surface area contributed by atoms with Crippen molar-refractivity contribution in [2.75, 3.05) is 25.0 Å². The Labute approximate surface area is 194 Å². The molecule has 0 aromatic heterocycles. The van der Waals surface area contributed by atoms with Crippen molar-refractivity contribution in [3.8, 4) is 0 Å². The van der Waals surface area contributed by atoms with Crippen molar-refractivity contribution in [1.29, 1.82) is 0 Å². The van der Waals surface area contributed by atoms with Crippen LogP contribution in [0.4, 0.5) is 10.5 Å². The van der Waals surface area contributed by atoms with E-state index in [-0.39, 0.29) is 6.10 Å². The molecule has 176 valence electrons. The number of nitrogens with zero attached hydrogens (tertiary/aromatic N) is 1. The number of nitrogens with one attached hydrogen (secondary N) is 1. The standard InChI is InChI=1S/C26H32N2O5/c1-25(2,3)33-24(30)27-21-11-7-10-20(16-21)26(31,19-8-5-4-6-9-19)23(29)32-22-17-28-14-12-18(22)13-15-28/h4-11,16,18,22,31H,12-15,17H2,1-3H3,(H,27,30). The topological polar surface area (TPSA) is 88.1 Å². The minimum absolute atomic E-state index is 0.238. The number of anilines is 1. The Balaban J connectivity index is 1.62. The van der Waals surface area contributed by atoms with Crippen LogP contribution < -0.4 is 5.32 Å². The van der Waals surface area contributed by atoms with E-state index in [1.54, 1.807) is 69.3 Å². The Kier molecular flexibility index (Phi) is 6.45. The fourth-order valence-corrected chi connectivity index (χ4v) is 4.59. The zero-order chi connectivity index (χ0) is 23.6. The Morgan fingerprint density at radius 1 is 1.00 bits per heavy atom. The largest absolute Gasteiger partial charge is 0.458 e. The Hall–Kier alpha value is -2.90. The molecule has 2 unspecified atom stereocenters. The second-order valence-corrected chi connectivity index (χ2v) is 9.87. The van der Waals surface area contributed by atoms with Crippen molar-refractivity contribution in [2.45, 2.75) is 50.9 Å². The Morgan fingerprint density at radius 2 is 1.67 bits per heavy atom. The number of fused-ring (bicyclic) bond motifs is 3. The predicted molar refractivity (Wildman–Crippen MR) is 125 cm³/mol. The molecule has 2 bridgehead atoms. The summed E-state index contributed by atoms with van der Waals surface area (Å²) in [5, 5.41) is 14.5. The van der Waals surface area contributed by atoms with Crippen LogP contribution in [0.15, 0.2) is 54.6 Å². The molecule has 0 radical (unpaired) electrons. The van der Waals surface area contributed by atoms with Gasteiger partial charge in [-0.2, -0.15) is 0 Å². The van der Waals surface area contributed by atoms with Gasteiger partial charge in [-0.15, -0.1) is 0 Å². The number of aliphatic hydroxyl groups is 1. The van der Waals surface area contributed by atoms with Gasteiger partial charge in [-0.05, 0) is 70.3 Å². The van der Waals surface area contributed by atoms with Crippen molar-refractivity contribution in [3.63, 3.8) is 0 Å². The number of carbonyl (C=O) groups excluding carboxylic acids is 2. The quantitative estimate of drug-likeness (QED) is 0.669. The maximum absolute atomic E-state index is 13.5. The molecule has 3 saturated heterocycles. The molecule has 7 heteroatoms. The molecule has 0 aliphatic carbocycles. The van der Waals surface area contributed by atoms with Crippen LogP contribution >= 0.6 is 0 Å². The van der Waals surface area contributed by atoms with Crippen molar-refractivity contribution in [2.24, 2.45) is 5.92 Å². The molecule has 33 heavy (non-hydrogen) atoms. The van der Waals surface area contributed by atoms with Crippen molar-refractivity contribution in [3.05, 3.63) is 65.7 Å². The van der Waals surface area contributed by atoms with Gasteiger partial charge < -0.3 is 14.6 Å². The van der Waals surface area contributed by atoms with E-state index in [0.717, 1.165) is 25.9 Å². The molecule has 0 saturated carbocycles. The van der Waals surface area contributed by atoms with Gasteiger partial charge in [0.1, 0.15) is 11.7 Å². The van der Waals surface area contributed by atoms with Crippen LogP contribution in [0.25, 0.3) is 0 Å². The molecule has 3 fully saturated rings. The number of amides is 1. The van der Waals surface area contributed by atoms with E-state index < -0.39 is 23.3 Å². The lowest BCUT2D eigenvalue weighted by atomic mass is 9.84. The fourth-order valence-electron chi connectivity index (χ4n) is 4.59. The average Bonchev–Trinajstić information content (AvgIpc) is 2.78. The third-order valence-electron chi connectivity index (χ3n) is 6.27. The molecule has 7 nitrogen and oxygen atoms in total. The van der Waals surface area contributed by atoms with Crippen LogP contribution in [0.3, 0.4) is 0 Å². The van der Waals surface area contributed by atoms with E-state index in [2.05, 4.69) is 10.2 Å². The molecular formula is C26H32N2O5. The molecule has 1 amide bonds. The molecule has 3 aliphatic heterocycles. The highest BCUT2D eigenvalue weighted by atomic mass is 16.6. The van der Waals surface area contributed by atoms with Crippen LogP contribution in [0.2, 0.25) is 0 Å². The summed E-state index contributed by atoms with van der Waals surface area (Å²) in [4.78, 5) is 28.1. The summed E-state index contributed by atoms with van der Waals surface area (Å²) < 4.78 is 11.3. The highest BCUT2D eigenvalue weighted by Gasteiger charge is 2.45. The summed E-state index contributed by atoms with van der Waals surface area (Å²) in [6.45, 7) is 8.09. The van der Waals surface area contributed by atoms with E-state index in [0.29, 0.717) is 29.3 Å². The zero-order valence-corrected chi connectivity index (χ0v) is 19.4. The number of hydrogen-bond donors (Lipinski definition) is 2. The van der Waals surface area contributed by atoms with Crippen LogP contribution in [0.1, 0.15) is 44.7 Å². The molecule has 0 spiro atoms. The minimum Gasteiger partial charge on any atom is -0.458 e. The number of esters is 1. The van der Waals surface area contributed by atoms with E-state index in [4.69, 9.17) is 9.47 Å². The number of ether oxygens (including phenoxy) is 2. The summed E-state index contributed by atoms with van der Waals surface area (Å²) in [7, 11) is 0. The summed E-state index contributed by atoms with van der Waals surface area (Å²) >= 11 is 0. The molecule has 2 aromatic rings. The predicted octanol–water partition coefficient (Wildman–Crippen LogP) is 3.91. The Morgan fingerprint density at radius 3 is 2.27 bits per heavy atom. The van der Waals surface area contributed by atoms with Crippen molar-refractivity contribution >= 4 is 17.7 Å². The SMILES string of the molecule is CC(C)(C)OC(=O)Nc1cccc(C(O)(C(=O)OC2CN3CCC2CC3)c2ccccc2)c1. The monoisotopic (exact) mass is 452 g/mol. The number of benzene rings is 2. The molecule has 5 rings (SSSR count). The van der Waals surface area contributed by atoms with Crippen LogP contribution in [-0.2, 0) is 19.9 Å². The lowest BCUT2D eigenvalue weighted by Crippen LogP contribution is -2.53. The Bertz CT molecular complexity index is 995. The van der Waals surface area contributed by atoms with Gasteiger partial charge in [0, 0.05) is 17.8 Å². The molecule has 2 aromatic carbocycles. The van der Waals surface area contributed by atoms with Crippen LogP contribution in [-0.4, -0.2) is 53.4 Å². The third kappa shape index (κ3) is 5.20. The summed E-state index contributed by atoms with van der Waals surface area (Å²) in [6.07, 6.45) is 1.14. The van der Waals surface area contributed by atoms with Gasteiger partial charge in [-0.3, -0.25) is 10.2 Å². The lowest BCUT2D eigenvalue weighted by molar-refractivity contribution is -0.177. The van der Waals surface area contributed by atoms with E-state index >= 15 is 0 Å². The highest BCUT2D eigenvalue weighted by molar-refractivity contribution is 5.88. The normalized spacial score (nSPS) is 23.9. The van der Waals surface area contributed by atoms with Crippen molar-refractivity contribution in [1.82, 2.24) is 4.90 Å². The molecule has 2 atom stereocenters. The van der Waals surface area contributed by atoms with Gasteiger partial charge in [0.25, 0.3) is 0 Å². The zero-order valence-electron chi connectivity index (χ0n) is 19.4. The van der Waals surface area contributed by atoms with E-state index in [9.17, 15) is 14.7 Å². The number of piperidine rings is 3. The first kappa shape index (κ1) is 23.3. The van der Waals surface area contributed by atoms with Gasteiger partial charge in [-0.25, -0.2) is 9.59 Å². The summed E-state index contributed by atoms with van der Waals surface area (Å²) in [5.41, 5.74) is -1.53. The fraction of sp³-hybridized carbons (Fsp3) is 0.462. The summed E-state index contributed by atoms with van der Waals surface area (Å²) in [6, 6.07) is 15.4. The molecular weight excluding hydrogens is 420 g/mol. The van der Waals surface area contributed by atoms with Crippen LogP contribution in [0.5, 0.6) is 0 Å². The van der Waals surface area contributed by atoms with Gasteiger partial charge in [0.2, 0.25) is 5.60 Å². The third-order valence-corrected chi connectivity index (χ3v) is 6.27. The second kappa shape index (κ2) is 9.15. The van der Waals surface area contributed by atoms with Gasteiger partial charge in [0.15, 0.2) is 0 Å². The minimum atomic E-state index is -2.01. The molecule has 3 heterocycles. The number of hydrogen-bond acceptors (Lipinski definition) is 6. The average molecular weight is 453 g/mol. The second-order valence-electron chi connectivity index (χ2n) is 9.87. The van der Waals surface area contributed by atoms with Crippen molar-refractivity contribution < 1.29 is 24.2 Å². The highest BCUT2D eigenvalue weighted by Crippen LogP contribution is 2.36. The number of rotatable bonds is 5. The van der Waals surface area contributed by atoms with Gasteiger partial charge in [0.05, 0.1) is 0 Å². The molecule has 2 N–H and O–H groups in total. The first-order valence-electron chi connectivity index (χ1n) is 11.5. The van der Waals surface area contributed by atoms with E-state index in [1.807, 2.05) is 6.07 Å². The molecule has 3 aliphatic rings. The van der Waals surface area contributed by atoms with E-state index in [1.165, 1.54) is 0 Å². The first-order chi connectivity index (χ1) is 15.6. The smallest absolute Gasteiger partial charge is 0.412 e. The summed E-state index contributed by atoms with van der Waals surface area (Å²) in [5.74, 6) is -0.388. The van der Waals surface area contributed by atoms with Gasteiger partial charge in [-0.1, -0.05) is 42.5 Å². The maximum Gasteiger partial charge on any atom is 0.412 e. The van der Waals surface area contributed by atoms with Crippen LogP contribution in [0, 0.1) is 5.92 Å². The maximum atomic E-state index is 13.5.